The maximum absolute atomic E-state index is 12.8. The SMILES string of the molecule is NC[C@H]1CCC[C@H]1C(=O)N1CCCN(C(=O)c2ccsc2)CC1. The minimum atomic E-state index is 0.0845. The highest BCUT2D eigenvalue weighted by molar-refractivity contribution is 7.08. The van der Waals surface area contributed by atoms with Crippen LogP contribution in [-0.4, -0.2) is 54.3 Å². The molecule has 0 unspecified atom stereocenters. The van der Waals surface area contributed by atoms with Crippen molar-refractivity contribution in [3.05, 3.63) is 22.4 Å². The molecule has 2 atom stereocenters. The molecule has 2 amide bonds. The zero-order valence-electron chi connectivity index (χ0n) is 13.4. The highest BCUT2D eigenvalue weighted by Crippen LogP contribution is 2.32. The summed E-state index contributed by atoms with van der Waals surface area (Å²) in [6, 6.07) is 1.87. The number of thiophene rings is 1. The molecule has 23 heavy (non-hydrogen) atoms. The van der Waals surface area contributed by atoms with E-state index >= 15 is 0 Å². The fraction of sp³-hybridized carbons (Fsp3) is 0.647. The Morgan fingerprint density at radius 1 is 1.13 bits per heavy atom. The van der Waals surface area contributed by atoms with Crippen molar-refractivity contribution in [2.45, 2.75) is 25.7 Å². The molecule has 2 fully saturated rings. The van der Waals surface area contributed by atoms with Crippen LogP contribution in [0.2, 0.25) is 0 Å². The maximum Gasteiger partial charge on any atom is 0.254 e. The first-order chi connectivity index (χ1) is 11.2. The van der Waals surface area contributed by atoms with E-state index < -0.39 is 0 Å². The van der Waals surface area contributed by atoms with Gasteiger partial charge in [0.05, 0.1) is 5.56 Å². The predicted molar refractivity (Wildman–Crippen MR) is 91.3 cm³/mol. The van der Waals surface area contributed by atoms with Crippen molar-refractivity contribution in [3.63, 3.8) is 0 Å². The predicted octanol–water partition coefficient (Wildman–Crippen LogP) is 1.80. The molecule has 2 heterocycles. The van der Waals surface area contributed by atoms with Crippen LogP contribution in [0.5, 0.6) is 0 Å². The second-order valence-corrected chi connectivity index (χ2v) is 7.30. The fourth-order valence-electron chi connectivity index (χ4n) is 3.79. The summed E-state index contributed by atoms with van der Waals surface area (Å²) in [6.07, 6.45) is 3.99. The molecule has 6 heteroatoms. The van der Waals surface area contributed by atoms with Gasteiger partial charge in [-0.1, -0.05) is 6.42 Å². The van der Waals surface area contributed by atoms with Crippen LogP contribution in [0.3, 0.4) is 0 Å². The number of amides is 2. The third kappa shape index (κ3) is 3.58. The first-order valence-corrected chi connectivity index (χ1v) is 9.45. The zero-order chi connectivity index (χ0) is 16.2. The Balaban J connectivity index is 1.60. The lowest BCUT2D eigenvalue weighted by molar-refractivity contribution is -0.136. The Morgan fingerprint density at radius 3 is 2.65 bits per heavy atom. The number of carbonyl (C=O) groups is 2. The van der Waals surface area contributed by atoms with Crippen molar-refractivity contribution in [3.8, 4) is 0 Å². The van der Waals surface area contributed by atoms with E-state index in [2.05, 4.69) is 0 Å². The molecule has 0 spiro atoms. The van der Waals surface area contributed by atoms with Crippen LogP contribution in [0.25, 0.3) is 0 Å². The number of hydrogen-bond acceptors (Lipinski definition) is 4. The highest BCUT2D eigenvalue weighted by atomic mass is 32.1. The zero-order valence-corrected chi connectivity index (χ0v) is 14.3. The van der Waals surface area contributed by atoms with Crippen molar-refractivity contribution in [2.75, 3.05) is 32.7 Å². The lowest BCUT2D eigenvalue weighted by Crippen LogP contribution is -2.41. The first kappa shape index (κ1) is 16.5. The number of hydrogen-bond donors (Lipinski definition) is 1. The summed E-state index contributed by atoms with van der Waals surface area (Å²) in [5.41, 5.74) is 6.57. The van der Waals surface area contributed by atoms with E-state index in [-0.39, 0.29) is 17.7 Å². The molecule has 1 saturated heterocycles. The Bertz CT molecular complexity index is 546. The summed E-state index contributed by atoms with van der Waals surface area (Å²) in [5.74, 6) is 0.775. The van der Waals surface area contributed by atoms with E-state index in [9.17, 15) is 9.59 Å². The van der Waals surface area contributed by atoms with Gasteiger partial charge in [-0.2, -0.15) is 11.3 Å². The van der Waals surface area contributed by atoms with Crippen molar-refractivity contribution < 1.29 is 9.59 Å². The van der Waals surface area contributed by atoms with Crippen LogP contribution in [0.15, 0.2) is 16.8 Å². The van der Waals surface area contributed by atoms with Gasteiger partial charge in [0, 0.05) is 37.5 Å². The summed E-state index contributed by atoms with van der Waals surface area (Å²) in [7, 11) is 0. The van der Waals surface area contributed by atoms with E-state index in [4.69, 9.17) is 5.73 Å². The van der Waals surface area contributed by atoms with Crippen molar-refractivity contribution in [2.24, 2.45) is 17.6 Å². The molecule has 1 aliphatic heterocycles. The molecule has 1 aliphatic carbocycles. The average Bonchev–Trinajstić information content (AvgIpc) is 3.20. The average molecular weight is 335 g/mol. The Kier molecular flexibility index (Phi) is 5.33. The summed E-state index contributed by atoms with van der Waals surface area (Å²) in [6.45, 7) is 3.35. The molecular weight excluding hydrogens is 310 g/mol. The largest absolute Gasteiger partial charge is 0.341 e. The van der Waals surface area contributed by atoms with Gasteiger partial charge in [0.2, 0.25) is 5.91 Å². The molecule has 0 radical (unpaired) electrons. The molecular formula is C17H25N3O2S. The van der Waals surface area contributed by atoms with Gasteiger partial charge in [-0.25, -0.2) is 0 Å². The minimum absolute atomic E-state index is 0.0845. The molecule has 0 aromatic carbocycles. The Labute approximate surface area is 141 Å². The standard InChI is InChI=1S/C17H25N3O2S/c18-11-13-3-1-4-15(13)17(22)20-7-2-6-19(8-9-20)16(21)14-5-10-23-12-14/h5,10,12-13,15H,1-4,6-9,11,18H2/t13-,15-/m1/s1. The third-order valence-corrected chi connectivity index (χ3v) is 5.83. The summed E-state index contributed by atoms with van der Waals surface area (Å²) in [4.78, 5) is 29.1. The first-order valence-electron chi connectivity index (χ1n) is 8.51. The molecule has 126 valence electrons. The normalized spacial score (nSPS) is 25.4. The second kappa shape index (κ2) is 7.45. The van der Waals surface area contributed by atoms with Crippen molar-refractivity contribution in [1.82, 2.24) is 9.80 Å². The van der Waals surface area contributed by atoms with E-state index in [1.807, 2.05) is 26.6 Å². The molecule has 2 N–H and O–H groups in total. The van der Waals surface area contributed by atoms with Crippen molar-refractivity contribution >= 4 is 23.2 Å². The highest BCUT2D eigenvalue weighted by Gasteiger charge is 2.35. The van der Waals surface area contributed by atoms with Gasteiger partial charge < -0.3 is 15.5 Å². The van der Waals surface area contributed by atoms with Gasteiger partial charge in [-0.15, -0.1) is 0 Å². The topological polar surface area (TPSA) is 66.6 Å². The minimum Gasteiger partial charge on any atom is -0.341 e. The maximum atomic E-state index is 12.8. The summed E-state index contributed by atoms with van der Waals surface area (Å²) in [5, 5.41) is 3.81. The monoisotopic (exact) mass is 335 g/mol. The second-order valence-electron chi connectivity index (χ2n) is 6.52. The molecule has 1 saturated carbocycles. The smallest absolute Gasteiger partial charge is 0.254 e. The van der Waals surface area contributed by atoms with Gasteiger partial charge in [-0.3, -0.25) is 9.59 Å². The fourth-order valence-corrected chi connectivity index (χ4v) is 4.42. The van der Waals surface area contributed by atoms with Crippen LogP contribution in [-0.2, 0) is 4.79 Å². The quantitative estimate of drug-likeness (QED) is 0.916. The van der Waals surface area contributed by atoms with Crippen LogP contribution < -0.4 is 5.73 Å². The summed E-state index contributed by atoms with van der Waals surface area (Å²) < 4.78 is 0. The van der Waals surface area contributed by atoms with Crippen LogP contribution in [0.1, 0.15) is 36.0 Å². The van der Waals surface area contributed by atoms with Crippen LogP contribution in [0.4, 0.5) is 0 Å². The number of carbonyl (C=O) groups excluding carboxylic acids is 2. The molecule has 1 aromatic heterocycles. The van der Waals surface area contributed by atoms with E-state index in [0.29, 0.717) is 25.6 Å². The number of nitrogens with two attached hydrogens (primary N) is 1. The van der Waals surface area contributed by atoms with Gasteiger partial charge >= 0.3 is 0 Å². The lowest BCUT2D eigenvalue weighted by Gasteiger charge is -2.27. The Hall–Kier alpha value is -1.40. The van der Waals surface area contributed by atoms with E-state index in [0.717, 1.165) is 44.3 Å². The molecule has 5 nitrogen and oxygen atoms in total. The summed E-state index contributed by atoms with van der Waals surface area (Å²) >= 11 is 1.54. The Morgan fingerprint density at radius 2 is 1.91 bits per heavy atom. The number of rotatable bonds is 3. The van der Waals surface area contributed by atoms with Gasteiger partial charge in [0.15, 0.2) is 0 Å². The van der Waals surface area contributed by atoms with Gasteiger partial charge in [-0.05, 0) is 43.2 Å². The van der Waals surface area contributed by atoms with Crippen LogP contribution in [0, 0.1) is 11.8 Å². The third-order valence-electron chi connectivity index (χ3n) is 5.14. The molecule has 1 aromatic rings. The lowest BCUT2D eigenvalue weighted by atomic mass is 9.94. The molecule has 2 aliphatic rings. The number of nitrogens with zero attached hydrogens (tertiary/aromatic N) is 2. The van der Waals surface area contributed by atoms with Gasteiger partial charge in [0.25, 0.3) is 5.91 Å². The molecule has 0 bridgehead atoms. The molecule has 3 rings (SSSR count). The van der Waals surface area contributed by atoms with Gasteiger partial charge in [0.1, 0.15) is 0 Å². The van der Waals surface area contributed by atoms with E-state index in [1.54, 1.807) is 0 Å². The van der Waals surface area contributed by atoms with Crippen molar-refractivity contribution in [1.29, 1.82) is 0 Å². The van der Waals surface area contributed by atoms with Crippen LogP contribution >= 0.6 is 11.3 Å². The van der Waals surface area contributed by atoms with E-state index in [1.165, 1.54) is 11.3 Å².